The van der Waals surface area contributed by atoms with Crippen LogP contribution in [-0.2, 0) is 16.6 Å². The maximum atomic E-state index is 14.6. The molecule has 42 heavy (non-hydrogen) atoms. The number of carbonyl (C=O) groups excluding carboxylic acids is 2. The Morgan fingerprint density at radius 3 is 2.50 bits per heavy atom. The summed E-state index contributed by atoms with van der Waals surface area (Å²) in [4.78, 5) is 30.9. The quantitative estimate of drug-likeness (QED) is 0.244. The summed E-state index contributed by atoms with van der Waals surface area (Å²) in [5.74, 6) is -0.836. The molecule has 8 nitrogen and oxygen atoms in total. The van der Waals surface area contributed by atoms with Gasteiger partial charge in [-0.3, -0.25) is 14.3 Å². The van der Waals surface area contributed by atoms with Crippen molar-refractivity contribution >= 4 is 50.7 Å². The van der Waals surface area contributed by atoms with Gasteiger partial charge in [-0.05, 0) is 55.0 Å². The van der Waals surface area contributed by atoms with Crippen molar-refractivity contribution in [2.45, 2.75) is 26.2 Å². The van der Waals surface area contributed by atoms with Crippen LogP contribution >= 0.6 is 22.9 Å². The predicted octanol–water partition coefficient (Wildman–Crippen LogP) is 6.78. The number of amides is 2. The minimum Gasteiger partial charge on any atom is -0.508 e. The van der Waals surface area contributed by atoms with Gasteiger partial charge < -0.3 is 14.6 Å². The number of hydrogen-bond donors (Lipinski definition) is 1. The van der Waals surface area contributed by atoms with E-state index in [9.17, 15) is 14.7 Å². The summed E-state index contributed by atoms with van der Waals surface area (Å²) >= 11 is 7.84. The average molecular weight is 604 g/mol. The molecule has 3 unspecified atom stereocenters. The maximum absolute atomic E-state index is 14.6. The largest absolute Gasteiger partial charge is 0.508 e. The van der Waals surface area contributed by atoms with Crippen molar-refractivity contribution in [3.8, 4) is 27.8 Å². The molecule has 2 aliphatic rings. The summed E-state index contributed by atoms with van der Waals surface area (Å²) in [6.45, 7) is 7.85. The van der Waals surface area contributed by atoms with Crippen LogP contribution in [0.1, 0.15) is 30.4 Å². The Morgan fingerprint density at radius 1 is 1.17 bits per heavy atom. The first-order valence-corrected chi connectivity index (χ1v) is 14.6. The standard InChI is InChI=1S/C32H30ClN3O5S/c1-7-17-8-10-21-30(38)36(31(39)32(21,3)28(17)27-23(40-5)13-19(37)14-24(27)41-6)26-15-22(34-35(26)4)29-16(2)20-12-18(33)9-11-25(20)42-29/h7-9,11-15,21,28,37H,1,10H2,2-6H3. The van der Waals surface area contributed by atoms with Gasteiger partial charge in [0.15, 0.2) is 0 Å². The van der Waals surface area contributed by atoms with Crippen LogP contribution < -0.4 is 14.4 Å². The smallest absolute Gasteiger partial charge is 0.242 e. The lowest BCUT2D eigenvalue weighted by molar-refractivity contribution is -0.127. The summed E-state index contributed by atoms with van der Waals surface area (Å²) in [7, 11) is 4.72. The molecule has 216 valence electrons. The first-order chi connectivity index (χ1) is 20.0. The molecule has 0 saturated carbocycles. The number of aromatic hydroxyl groups is 1. The van der Waals surface area contributed by atoms with Gasteiger partial charge in [-0.2, -0.15) is 5.10 Å². The second-order valence-corrected chi connectivity index (χ2v) is 12.4. The van der Waals surface area contributed by atoms with Crippen molar-refractivity contribution in [1.82, 2.24) is 9.78 Å². The van der Waals surface area contributed by atoms with Gasteiger partial charge >= 0.3 is 0 Å². The molecule has 2 aromatic heterocycles. The number of phenols is 1. The molecule has 3 atom stereocenters. The molecular weight excluding hydrogens is 574 g/mol. The lowest BCUT2D eigenvalue weighted by atomic mass is 9.59. The second-order valence-electron chi connectivity index (χ2n) is 10.9. The SMILES string of the molecule is C=CC1=CCC2C(=O)N(c3cc(-c4sc5ccc(Cl)cc5c4C)nn3C)C(=O)C2(C)C1c1c(OC)cc(O)cc1OC. The second kappa shape index (κ2) is 10.0. The normalized spacial score (nSPS) is 22.0. The Hall–Kier alpha value is -4.08. The molecule has 1 aliphatic carbocycles. The van der Waals surface area contributed by atoms with Gasteiger partial charge in [0.2, 0.25) is 11.8 Å². The van der Waals surface area contributed by atoms with E-state index in [1.807, 2.05) is 38.1 Å². The van der Waals surface area contributed by atoms with E-state index < -0.39 is 17.3 Å². The third-order valence-corrected chi connectivity index (χ3v) is 10.2. The summed E-state index contributed by atoms with van der Waals surface area (Å²) < 4.78 is 14.0. The number of imide groups is 1. The summed E-state index contributed by atoms with van der Waals surface area (Å²) in [6, 6.07) is 10.5. The number of methoxy groups -OCH3 is 2. The van der Waals surface area contributed by atoms with Crippen LogP contribution in [0.5, 0.6) is 17.2 Å². The van der Waals surface area contributed by atoms with E-state index in [0.717, 1.165) is 26.1 Å². The minimum atomic E-state index is -1.19. The van der Waals surface area contributed by atoms with Crippen LogP contribution in [-0.4, -0.2) is 40.9 Å². The van der Waals surface area contributed by atoms with E-state index in [0.29, 0.717) is 40.0 Å². The average Bonchev–Trinajstić information content (AvgIpc) is 3.56. The molecule has 0 spiro atoms. The molecule has 0 bridgehead atoms. The molecule has 0 radical (unpaired) electrons. The van der Waals surface area contributed by atoms with Gasteiger partial charge in [0.1, 0.15) is 28.8 Å². The summed E-state index contributed by atoms with van der Waals surface area (Å²) in [5, 5.41) is 16.7. The first-order valence-electron chi connectivity index (χ1n) is 13.4. The number of hydrogen-bond acceptors (Lipinski definition) is 7. The number of benzene rings is 2. The number of ether oxygens (including phenoxy) is 2. The highest BCUT2D eigenvalue weighted by molar-refractivity contribution is 7.22. The third-order valence-electron chi connectivity index (χ3n) is 8.70. The number of anilines is 1. The summed E-state index contributed by atoms with van der Waals surface area (Å²) in [6.07, 6.45) is 4.03. The number of aromatic nitrogens is 2. The van der Waals surface area contributed by atoms with E-state index in [2.05, 4.69) is 6.58 Å². The lowest BCUT2D eigenvalue weighted by Crippen LogP contribution is -2.42. The van der Waals surface area contributed by atoms with Gasteiger partial charge in [0.25, 0.3) is 0 Å². The van der Waals surface area contributed by atoms with Crippen molar-refractivity contribution < 1.29 is 24.2 Å². The number of phenolic OH excluding ortho intramolecular Hbond substituents is 1. The molecule has 1 saturated heterocycles. The molecule has 2 amide bonds. The zero-order valence-electron chi connectivity index (χ0n) is 23.9. The molecule has 2 aromatic carbocycles. The van der Waals surface area contributed by atoms with E-state index in [-0.39, 0.29) is 17.6 Å². The van der Waals surface area contributed by atoms with Crippen molar-refractivity contribution in [2.75, 3.05) is 19.1 Å². The van der Waals surface area contributed by atoms with Crippen LogP contribution in [0, 0.1) is 18.3 Å². The van der Waals surface area contributed by atoms with Crippen molar-refractivity contribution in [3.05, 3.63) is 76.9 Å². The minimum absolute atomic E-state index is 0.0363. The highest BCUT2D eigenvalue weighted by Gasteiger charge is 2.63. The van der Waals surface area contributed by atoms with E-state index in [1.165, 1.54) is 31.3 Å². The molecular formula is C32H30ClN3O5S. The Labute approximate surface area is 252 Å². The topological polar surface area (TPSA) is 93.9 Å². The number of carbonyl (C=O) groups is 2. The molecule has 6 rings (SSSR count). The number of allylic oxidation sites excluding steroid dienone is 3. The van der Waals surface area contributed by atoms with Gasteiger partial charge in [0.05, 0.1) is 30.4 Å². The van der Waals surface area contributed by atoms with E-state index in [1.54, 1.807) is 35.2 Å². The van der Waals surface area contributed by atoms with Gasteiger partial charge in [-0.15, -0.1) is 11.3 Å². The predicted molar refractivity (Wildman–Crippen MR) is 165 cm³/mol. The Bertz CT molecular complexity index is 1810. The Kier molecular flexibility index (Phi) is 6.70. The van der Waals surface area contributed by atoms with Crippen molar-refractivity contribution in [2.24, 2.45) is 18.4 Å². The number of halogens is 1. The van der Waals surface area contributed by atoms with Crippen LogP contribution in [0.4, 0.5) is 5.82 Å². The van der Waals surface area contributed by atoms with Gasteiger partial charge in [-0.1, -0.05) is 30.3 Å². The maximum Gasteiger partial charge on any atom is 0.242 e. The van der Waals surface area contributed by atoms with Crippen LogP contribution in [0.2, 0.25) is 5.02 Å². The monoisotopic (exact) mass is 603 g/mol. The third kappa shape index (κ3) is 3.90. The fourth-order valence-corrected chi connectivity index (χ4v) is 7.92. The number of aryl methyl sites for hydroxylation is 2. The molecule has 3 heterocycles. The molecule has 4 aromatic rings. The highest BCUT2D eigenvalue weighted by atomic mass is 35.5. The molecule has 10 heteroatoms. The zero-order valence-corrected chi connectivity index (χ0v) is 25.5. The first kappa shape index (κ1) is 28.1. The molecule has 1 fully saturated rings. The van der Waals surface area contributed by atoms with E-state index >= 15 is 0 Å². The lowest BCUT2D eigenvalue weighted by Gasteiger charge is -2.40. The van der Waals surface area contributed by atoms with Gasteiger partial charge in [0, 0.05) is 46.5 Å². The Balaban J connectivity index is 1.48. The van der Waals surface area contributed by atoms with Crippen LogP contribution in [0.15, 0.2) is 60.7 Å². The molecule has 1 aliphatic heterocycles. The van der Waals surface area contributed by atoms with Crippen molar-refractivity contribution in [3.63, 3.8) is 0 Å². The summed E-state index contributed by atoms with van der Waals surface area (Å²) in [5.41, 5.74) is 1.87. The van der Waals surface area contributed by atoms with Crippen LogP contribution in [0.3, 0.4) is 0 Å². The number of thiophene rings is 1. The number of nitrogens with zero attached hydrogens (tertiary/aromatic N) is 3. The van der Waals surface area contributed by atoms with Crippen molar-refractivity contribution in [1.29, 1.82) is 0 Å². The molecule has 1 N–H and O–H groups in total. The number of fused-ring (bicyclic) bond motifs is 2. The van der Waals surface area contributed by atoms with Gasteiger partial charge in [-0.25, -0.2) is 4.90 Å². The highest BCUT2D eigenvalue weighted by Crippen LogP contribution is 2.60. The fraction of sp³-hybridized carbons (Fsp3) is 0.281. The Morgan fingerprint density at radius 2 is 1.86 bits per heavy atom. The van der Waals surface area contributed by atoms with E-state index in [4.69, 9.17) is 26.2 Å². The van der Waals surface area contributed by atoms with Crippen LogP contribution in [0.25, 0.3) is 20.7 Å². The fourth-order valence-electron chi connectivity index (χ4n) is 6.60. The number of rotatable bonds is 6. The zero-order chi connectivity index (χ0) is 30.1.